The second-order valence-corrected chi connectivity index (χ2v) is 4.99. The first-order valence-electron chi connectivity index (χ1n) is 6.66. The number of aromatic nitrogens is 3. The smallest absolute Gasteiger partial charge is 0.296 e. The minimum atomic E-state index is 0.0760. The highest BCUT2D eigenvalue weighted by atomic mass is 16.3. The Labute approximate surface area is 108 Å². The van der Waals surface area contributed by atoms with Crippen molar-refractivity contribution in [2.45, 2.75) is 52.5 Å². The molecule has 0 bridgehead atoms. The zero-order valence-electron chi connectivity index (χ0n) is 11.5. The molecule has 0 unspecified atom stereocenters. The molecule has 0 aliphatic carbocycles. The van der Waals surface area contributed by atoms with Crippen molar-refractivity contribution in [2.24, 2.45) is 0 Å². The Morgan fingerprint density at radius 3 is 2.39 bits per heavy atom. The van der Waals surface area contributed by atoms with Crippen molar-refractivity contribution in [1.82, 2.24) is 14.5 Å². The maximum absolute atomic E-state index is 10.0. The van der Waals surface area contributed by atoms with Gasteiger partial charge in [-0.1, -0.05) is 27.7 Å². The molecule has 0 amide bonds. The van der Waals surface area contributed by atoms with Gasteiger partial charge in [-0.25, -0.2) is 4.98 Å². The third-order valence-corrected chi connectivity index (χ3v) is 3.44. The molecule has 0 saturated carbocycles. The van der Waals surface area contributed by atoms with Gasteiger partial charge in [-0.15, -0.1) is 0 Å². The van der Waals surface area contributed by atoms with E-state index >= 15 is 0 Å². The molecule has 0 saturated heterocycles. The number of aromatic hydroxyl groups is 1. The van der Waals surface area contributed by atoms with Gasteiger partial charge in [0.25, 0.3) is 6.01 Å². The second kappa shape index (κ2) is 4.96. The number of imidazole rings is 1. The van der Waals surface area contributed by atoms with E-state index in [0.29, 0.717) is 5.92 Å². The maximum atomic E-state index is 10.0. The predicted molar refractivity (Wildman–Crippen MR) is 72.9 cm³/mol. The van der Waals surface area contributed by atoms with Gasteiger partial charge in [-0.2, -0.15) is 4.98 Å². The fourth-order valence-corrected chi connectivity index (χ4v) is 2.29. The molecule has 0 aliphatic heterocycles. The van der Waals surface area contributed by atoms with Crippen LogP contribution in [0.4, 0.5) is 0 Å². The summed E-state index contributed by atoms with van der Waals surface area (Å²) in [7, 11) is 0. The van der Waals surface area contributed by atoms with E-state index in [4.69, 9.17) is 0 Å². The van der Waals surface area contributed by atoms with Crippen LogP contribution in [0.5, 0.6) is 6.01 Å². The van der Waals surface area contributed by atoms with Gasteiger partial charge < -0.3 is 5.11 Å². The van der Waals surface area contributed by atoms with Crippen molar-refractivity contribution in [1.29, 1.82) is 0 Å². The minimum absolute atomic E-state index is 0.0760. The Bertz CT molecular complexity index is 541. The van der Waals surface area contributed by atoms with Crippen LogP contribution in [0.15, 0.2) is 12.1 Å². The van der Waals surface area contributed by atoms with Crippen LogP contribution in [-0.2, 0) is 0 Å². The van der Waals surface area contributed by atoms with Gasteiger partial charge in [0, 0.05) is 11.7 Å². The zero-order chi connectivity index (χ0) is 13.3. The van der Waals surface area contributed by atoms with Crippen LogP contribution >= 0.6 is 0 Å². The lowest BCUT2D eigenvalue weighted by Gasteiger charge is -2.16. The maximum Gasteiger partial charge on any atom is 0.296 e. The summed E-state index contributed by atoms with van der Waals surface area (Å²) in [5, 5.41) is 10.0. The van der Waals surface area contributed by atoms with E-state index in [1.165, 1.54) is 0 Å². The fraction of sp³-hybridized carbons (Fsp3) is 0.571. The van der Waals surface area contributed by atoms with Crippen LogP contribution in [0.3, 0.4) is 0 Å². The molecular weight excluding hydrogens is 226 g/mol. The first kappa shape index (κ1) is 12.9. The van der Waals surface area contributed by atoms with Crippen LogP contribution < -0.4 is 0 Å². The van der Waals surface area contributed by atoms with Gasteiger partial charge in [0.2, 0.25) is 0 Å². The molecule has 4 nitrogen and oxygen atoms in total. The van der Waals surface area contributed by atoms with Crippen molar-refractivity contribution in [3.8, 4) is 6.01 Å². The van der Waals surface area contributed by atoms with Crippen molar-refractivity contribution >= 4 is 11.2 Å². The number of nitrogens with zero attached hydrogens (tertiary/aromatic N) is 3. The number of fused-ring (bicyclic) bond motifs is 1. The average molecular weight is 247 g/mol. The van der Waals surface area contributed by atoms with Gasteiger partial charge in [-0.05, 0) is 30.9 Å². The fourth-order valence-electron chi connectivity index (χ4n) is 2.29. The number of hydrogen-bond donors (Lipinski definition) is 1. The van der Waals surface area contributed by atoms with E-state index in [0.717, 1.165) is 29.7 Å². The quantitative estimate of drug-likeness (QED) is 0.897. The summed E-state index contributed by atoms with van der Waals surface area (Å²) in [5.74, 6) is 0.376. The van der Waals surface area contributed by atoms with E-state index in [1.807, 2.05) is 16.7 Å². The highest BCUT2D eigenvalue weighted by Gasteiger charge is 2.18. The normalized spacial score (nSPS) is 11.9. The van der Waals surface area contributed by atoms with Gasteiger partial charge in [0.05, 0.1) is 0 Å². The molecular formula is C14H21N3O. The second-order valence-electron chi connectivity index (χ2n) is 4.99. The summed E-state index contributed by atoms with van der Waals surface area (Å²) in [6.07, 6.45) is 1.92. The highest BCUT2D eigenvalue weighted by Crippen LogP contribution is 2.28. The molecule has 0 aliphatic rings. The molecule has 4 heteroatoms. The van der Waals surface area contributed by atoms with Gasteiger partial charge >= 0.3 is 0 Å². The lowest BCUT2D eigenvalue weighted by Crippen LogP contribution is -2.07. The Morgan fingerprint density at radius 2 is 1.83 bits per heavy atom. The van der Waals surface area contributed by atoms with Crippen molar-refractivity contribution < 1.29 is 5.11 Å². The van der Waals surface area contributed by atoms with E-state index in [2.05, 4.69) is 37.7 Å². The molecule has 18 heavy (non-hydrogen) atoms. The van der Waals surface area contributed by atoms with E-state index in [1.54, 1.807) is 0 Å². The monoisotopic (exact) mass is 247 g/mol. The standard InChI is InChI=1S/C14H21N3O/c1-5-10(6-2)17-13-12(16-14(17)18)8-7-11(15-13)9(3)4/h7-10H,5-6H2,1-4H3,(H,16,18). The average Bonchev–Trinajstić information content (AvgIpc) is 2.67. The minimum Gasteiger partial charge on any atom is -0.480 e. The predicted octanol–water partition coefficient (Wildman–Crippen LogP) is 3.62. The molecule has 0 fully saturated rings. The van der Waals surface area contributed by atoms with Gasteiger partial charge in [0.1, 0.15) is 5.52 Å². The Morgan fingerprint density at radius 1 is 1.17 bits per heavy atom. The molecule has 0 radical (unpaired) electrons. The Kier molecular flexibility index (Phi) is 3.55. The molecule has 2 rings (SSSR count). The first-order chi connectivity index (χ1) is 8.58. The van der Waals surface area contributed by atoms with Crippen molar-refractivity contribution in [2.75, 3.05) is 0 Å². The van der Waals surface area contributed by atoms with Crippen molar-refractivity contribution in [3.05, 3.63) is 17.8 Å². The summed E-state index contributed by atoms with van der Waals surface area (Å²) in [5.41, 5.74) is 2.60. The number of pyridine rings is 1. The summed E-state index contributed by atoms with van der Waals surface area (Å²) >= 11 is 0. The van der Waals surface area contributed by atoms with Gasteiger partial charge in [-0.3, -0.25) is 4.57 Å². The molecule has 0 aromatic carbocycles. The van der Waals surface area contributed by atoms with Crippen LogP contribution in [0.1, 0.15) is 58.2 Å². The van der Waals surface area contributed by atoms with Crippen LogP contribution in [0.2, 0.25) is 0 Å². The highest BCUT2D eigenvalue weighted by molar-refractivity contribution is 5.72. The van der Waals surface area contributed by atoms with Gasteiger partial charge in [0.15, 0.2) is 5.65 Å². The molecule has 0 spiro atoms. The summed E-state index contributed by atoms with van der Waals surface area (Å²) in [4.78, 5) is 8.84. The van der Waals surface area contributed by atoms with Crippen LogP contribution in [0.25, 0.3) is 11.2 Å². The van der Waals surface area contributed by atoms with Crippen molar-refractivity contribution in [3.63, 3.8) is 0 Å². The molecule has 0 atom stereocenters. The first-order valence-corrected chi connectivity index (χ1v) is 6.66. The lowest BCUT2D eigenvalue weighted by atomic mass is 10.1. The third-order valence-electron chi connectivity index (χ3n) is 3.44. The topological polar surface area (TPSA) is 50.9 Å². The van der Waals surface area contributed by atoms with Crippen LogP contribution in [0, 0.1) is 0 Å². The lowest BCUT2D eigenvalue weighted by molar-refractivity contribution is 0.360. The van der Waals surface area contributed by atoms with E-state index < -0.39 is 0 Å². The zero-order valence-corrected chi connectivity index (χ0v) is 11.5. The molecule has 2 heterocycles. The number of hydrogen-bond acceptors (Lipinski definition) is 3. The molecule has 1 N–H and O–H groups in total. The number of rotatable bonds is 4. The summed E-state index contributed by atoms with van der Waals surface area (Å²) in [6.45, 7) is 8.47. The summed E-state index contributed by atoms with van der Waals surface area (Å²) < 4.78 is 1.86. The Balaban J connectivity index is 2.63. The largest absolute Gasteiger partial charge is 0.480 e. The molecule has 2 aromatic rings. The molecule has 2 aromatic heterocycles. The summed E-state index contributed by atoms with van der Waals surface area (Å²) in [6, 6.07) is 4.25. The van der Waals surface area contributed by atoms with Crippen LogP contribution in [-0.4, -0.2) is 19.6 Å². The van der Waals surface area contributed by atoms with E-state index in [9.17, 15) is 5.11 Å². The SMILES string of the molecule is CCC(CC)n1c(O)nc2ccc(C(C)C)nc21. The Hall–Kier alpha value is -1.58. The molecule has 98 valence electrons. The third kappa shape index (κ3) is 2.07. The van der Waals surface area contributed by atoms with E-state index in [-0.39, 0.29) is 12.1 Å².